The van der Waals surface area contributed by atoms with E-state index in [1.54, 1.807) is 11.0 Å². The van der Waals surface area contributed by atoms with Crippen molar-refractivity contribution in [3.05, 3.63) is 39.9 Å². The molecule has 0 radical (unpaired) electrons. The number of esters is 1. The highest BCUT2D eigenvalue weighted by atomic mass is 79.9. The number of rotatable bonds is 4. The van der Waals surface area contributed by atoms with Crippen LogP contribution < -0.4 is 0 Å². The summed E-state index contributed by atoms with van der Waals surface area (Å²) in [5.74, 6) is -0.619. The smallest absolute Gasteiger partial charge is 0.331 e. The van der Waals surface area contributed by atoms with E-state index in [0.29, 0.717) is 0 Å². The Labute approximate surface area is 145 Å². The first-order valence-electron chi connectivity index (χ1n) is 7.88. The molecule has 0 aliphatic carbocycles. The second-order valence-electron chi connectivity index (χ2n) is 5.90. The number of aryl methyl sites for hydroxylation is 1. The molecule has 1 aromatic rings. The Morgan fingerprint density at radius 1 is 1.39 bits per heavy atom. The number of nitrogens with zero attached hydrogens (tertiary/aromatic N) is 1. The highest BCUT2D eigenvalue weighted by molar-refractivity contribution is 9.10. The Morgan fingerprint density at radius 2 is 2.17 bits per heavy atom. The summed E-state index contributed by atoms with van der Waals surface area (Å²) in [7, 11) is 0. The van der Waals surface area contributed by atoms with Crippen LogP contribution >= 0.6 is 15.9 Å². The summed E-state index contributed by atoms with van der Waals surface area (Å²) < 4.78 is 5.97. The van der Waals surface area contributed by atoms with Crippen LogP contribution in [0.5, 0.6) is 0 Å². The number of carbonyl (C=O) groups is 2. The van der Waals surface area contributed by atoms with Gasteiger partial charge in [0.1, 0.15) is 0 Å². The zero-order chi connectivity index (χ0) is 16.8. The van der Waals surface area contributed by atoms with Crippen LogP contribution in [0.15, 0.2) is 28.7 Å². The van der Waals surface area contributed by atoms with Gasteiger partial charge in [-0.15, -0.1) is 0 Å². The summed E-state index contributed by atoms with van der Waals surface area (Å²) in [5.41, 5.74) is 2.03. The second-order valence-corrected chi connectivity index (χ2v) is 6.75. The van der Waals surface area contributed by atoms with Crippen molar-refractivity contribution < 1.29 is 14.3 Å². The van der Waals surface area contributed by atoms with Crippen LogP contribution in [-0.2, 0) is 14.3 Å². The summed E-state index contributed by atoms with van der Waals surface area (Å²) in [6, 6.07) is 6.10. The number of hydrogen-bond acceptors (Lipinski definition) is 3. The van der Waals surface area contributed by atoms with Gasteiger partial charge in [0.05, 0.1) is 0 Å². The van der Waals surface area contributed by atoms with Gasteiger partial charge in [-0.3, -0.25) is 4.79 Å². The van der Waals surface area contributed by atoms with Gasteiger partial charge >= 0.3 is 5.97 Å². The van der Waals surface area contributed by atoms with Crippen LogP contribution in [0.4, 0.5) is 0 Å². The van der Waals surface area contributed by atoms with Crippen molar-refractivity contribution in [3.8, 4) is 0 Å². The summed E-state index contributed by atoms with van der Waals surface area (Å²) in [6.07, 6.45) is 6.22. The molecular formula is C18H22BrNO3. The second kappa shape index (κ2) is 8.29. The topological polar surface area (TPSA) is 46.6 Å². The third-order valence-corrected chi connectivity index (χ3v) is 4.70. The Kier molecular flexibility index (Phi) is 6.39. The average Bonchev–Trinajstić information content (AvgIpc) is 2.52. The molecule has 1 heterocycles. The normalized spacial score (nSPS) is 18.2. The number of amides is 1. The maximum absolute atomic E-state index is 12.1. The first-order chi connectivity index (χ1) is 11.0. The highest BCUT2D eigenvalue weighted by Gasteiger charge is 2.23. The van der Waals surface area contributed by atoms with Crippen molar-refractivity contribution in [2.75, 3.05) is 13.2 Å². The SMILES string of the molecule is Cc1ccc(/C=C/C(=O)OCC(=O)N2CCCC[C@@H]2C)c(Br)c1. The van der Waals surface area contributed by atoms with E-state index < -0.39 is 5.97 Å². The Bertz CT molecular complexity index is 612. The average molecular weight is 380 g/mol. The lowest BCUT2D eigenvalue weighted by Gasteiger charge is -2.33. The van der Waals surface area contributed by atoms with Crippen LogP contribution in [0.1, 0.15) is 37.3 Å². The van der Waals surface area contributed by atoms with Crippen molar-refractivity contribution in [1.29, 1.82) is 0 Å². The minimum absolute atomic E-state index is 0.115. The van der Waals surface area contributed by atoms with Gasteiger partial charge in [-0.05, 0) is 56.4 Å². The lowest BCUT2D eigenvalue weighted by Crippen LogP contribution is -2.44. The molecule has 0 aromatic heterocycles. The van der Waals surface area contributed by atoms with Crippen molar-refractivity contribution in [1.82, 2.24) is 4.90 Å². The molecule has 1 aliphatic heterocycles. The summed E-state index contributed by atoms with van der Waals surface area (Å²) >= 11 is 3.45. The van der Waals surface area contributed by atoms with E-state index >= 15 is 0 Å². The molecule has 1 amide bonds. The van der Waals surface area contributed by atoms with Crippen molar-refractivity contribution >= 4 is 33.9 Å². The molecule has 0 bridgehead atoms. The summed E-state index contributed by atoms with van der Waals surface area (Å²) in [5, 5.41) is 0. The number of likely N-dealkylation sites (tertiary alicyclic amines) is 1. The molecular weight excluding hydrogens is 358 g/mol. The van der Waals surface area contributed by atoms with Crippen LogP contribution in [0.3, 0.4) is 0 Å². The van der Waals surface area contributed by atoms with Crippen LogP contribution in [0.2, 0.25) is 0 Å². The highest BCUT2D eigenvalue weighted by Crippen LogP contribution is 2.20. The molecule has 0 spiro atoms. The van der Waals surface area contributed by atoms with E-state index in [2.05, 4.69) is 15.9 Å². The third kappa shape index (κ3) is 5.20. The molecule has 124 valence electrons. The van der Waals surface area contributed by atoms with E-state index in [0.717, 1.165) is 41.4 Å². The van der Waals surface area contributed by atoms with Gasteiger partial charge in [0.25, 0.3) is 5.91 Å². The predicted octanol–water partition coefficient (Wildman–Crippen LogP) is 3.71. The van der Waals surface area contributed by atoms with Gasteiger partial charge in [0, 0.05) is 23.1 Å². The van der Waals surface area contributed by atoms with Gasteiger partial charge in [-0.1, -0.05) is 28.1 Å². The largest absolute Gasteiger partial charge is 0.452 e. The molecule has 23 heavy (non-hydrogen) atoms. The lowest BCUT2D eigenvalue weighted by atomic mass is 10.0. The first-order valence-corrected chi connectivity index (χ1v) is 8.67. The number of ether oxygens (including phenoxy) is 1. The van der Waals surface area contributed by atoms with Gasteiger partial charge in [0.15, 0.2) is 6.61 Å². The summed E-state index contributed by atoms with van der Waals surface area (Å²) in [4.78, 5) is 25.7. The zero-order valence-electron chi connectivity index (χ0n) is 13.5. The molecule has 0 unspecified atom stereocenters. The van der Waals surface area contributed by atoms with E-state index in [4.69, 9.17) is 4.74 Å². The molecule has 0 N–H and O–H groups in total. The number of hydrogen-bond donors (Lipinski definition) is 0. The molecule has 1 atom stereocenters. The Hall–Kier alpha value is -1.62. The third-order valence-electron chi connectivity index (χ3n) is 4.02. The minimum atomic E-state index is -0.504. The maximum atomic E-state index is 12.1. The molecule has 4 nitrogen and oxygen atoms in total. The quantitative estimate of drug-likeness (QED) is 0.591. The Morgan fingerprint density at radius 3 is 2.87 bits per heavy atom. The van der Waals surface area contributed by atoms with Gasteiger partial charge in [-0.25, -0.2) is 4.79 Å². The number of halogens is 1. The van der Waals surface area contributed by atoms with Crippen LogP contribution in [-0.4, -0.2) is 36.0 Å². The monoisotopic (exact) mass is 379 g/mol. The number of piperidine rings is 1. The van der Waals surface area contributed by atoms with Crippen molar-refractivity contribution in [2.24, 2.45) is 0 Å². The molecule has 1 fully saturated rings. The fourth-order valence-electron chi connectivity index (χ4n) is 2.66. The van der Waals surface area contributed by atoms with Gasteiger partial charge < -0.3 is 9.64 Å². The van der Waals surface area contributed by atoms with E-state index in [1.807, 2.05) is 32.0 Å². The van der Waals surface area contributed by atoms with Crippen molar-refractivity contribution in [3.63, 3.8) is 0 Å². The molecule has 1 saturated heterocycles. The van der Waals surface area contributed by atoms with Crippen LogP contribution in [0, 0.1) is 6.92 Å². The number of carbonyl (C=O) groups excluding carboxylic acids is 2. The predicted molar refractivity (Wildman–Crippen MR) is 93.9 cm³/mol. The molecule has 5 heteroatoms. The number of benzene rings is 1. The molecule has 2 rings (SSSR count). The minimum Gasteiger partial charge on any atom is -0.452 e. The lowest BCUT2D eigenvalue weighted by molar-refractivity contribution is -0.149. The van der Waals surface area contributed by atoms with E-state index in [1.165, 1.54) is 6.08 Å². The van der Waals surface area contributed by atoms with Crippen LogP contribution in [0.25, 0.3) is 6.08 Å². The fourth-order valence-corrected chi connectivity index (χ4v) is 3.28. The van der Waals surface area contributed by atoms with E-state index in [-0.39, 0.29) is 18.6 Å². The Balaban J connectivity index is 1.84. The van der Waals surface area contributed by atoms with E-state index in [9.17, 15) is 9.59 Å². The summed E-state index contributed by atoms with van der Waals surface area (Å²) in [6.45, 7) is 4.60. The fraction of sp³-hybridized carbons (Fsp3) is 0.444. The van der Waals surface area contributed by atoms with Crippen molar-refractivity contribution in [2.45, 2.75) is 39.2 Å². The maximum Gasteiger partial charge on any atom is 0.331 e. The first kappa shape index (κ1) is 17.7. The zero-order valence-corrected chi connectivity index (χ0v) is 15.1. The van der Waals surface area contributed by atoms with Gasteiger partial charge in [0.2, 0.25) is 0 Å². The standard InChI is InChI=1S/C18H22BrNO3/c1-13-6-7-15(16(19)11-13)8-9-18(22)23-12-17(21)20-10-4-3-5-14(20)2/h6-9,11,14H,3-5,10,12H2,1-2H3/b9-8+/t14-/m0/s1. The molecule has 0 saturated carbocycles. The molecule has 1 aliphatic rings. The molecule has 1 aromatic carbocycles. The van der Waals surface area contributed by atoms with Gasteiger partial charge in [-0.2, -0.15) is 0 Å².